The van der Waals surface area contributed by atoms with Crippen molar-refractivity contribution in [1.29, 1.82) is 0 Å². The van der Waals surface area contributed by atoms with E-state index in [9.17, 15) is 28.9 Å². The van der Waals surface area contributed by atoms with Gasteiger partial charge in [0.25, 0.3) is 7.82 Å². The smallest absolute Gasteiger partial charge is 0.272 e. The van der Waals surface area contributed by atoms with Crippen molar-refractivity contribution in [2.75, 3.05) is 6.61 Å². The van der Waals surface area contributed by atoms with Crippen LogP contribution in [0.2, 0.25) is 0 Å². The van der Waals surface area contributed by atoms with Gasteiger partial charge in [0.2, 0.25) is 0 Å². The van der Waals surface area contributed by atoms with Crippen LogP contribution in [-0.2, 0) is 18.0 Å². The Morgan fingerprint density at radius 3 is 2.40 bits per heavy atom. The number of hydrogen-bond donors (Lipinski definition) is 1. The largest absolute Gasteiger partial charge is 0.790 e. The van der Waals surface area contributed by atoms with Gasteiger partial charge in [-0.15, -0.1) is 0 Å². The predicted octanol–water partition coefficient (Wildman–Crippen LogP) is 3.04. The van der Waals surface area contributed by atoms with Crippen LogP contribution in [0.5, 0.6) is 0 Å². The molecule has 0 aromatic heterocycles. The summed E-state index contributed by atoms with van der Waals surface area (Å²) in [5, 5.41) is 11.9. The van der Waals surface area contributed by atoms with Gasteiger partial charge in [0.1, 0.15) is 0 Å². The first-order chi connectivity index (χ1) is 13.5. The summed E-state index contributed by atoms with van der Waals surface area (Å²) in [7, 11) is -10.9. The van der Waals surface area contributed by atoms with Crippen molar-refractivity contribution in [3.8, 4) is 0 Å². The SMILES string of the molecule is C/C(=C\COP(=O)([O-])OP(=O)([O-])[O-])CC[C@@]1(O)C(C)CC[C@H]2C(C)(C)CCC[C@@]21C. The maximum Gasteiger partial charge on any atom is 0.272 e. The molecule has 0 spiro atoms. The molecule has 2 aliphatic carbocycles. The average Bonchev–Trinajstić information content (AvgIpc) is 2.55. The highest BCUT2D eigenvalue weighted by Crippen LogP contribution is 2.63. The third-order valence-corrected chi connectivity index (χ3v) is 9.75. The van der Waals surface area contributed by atoms with Gasteiger partial charge in [0.05, 0.1) is 20.0 Å². The highest BCUT2D eigenvalue weighted by atomic mass is 31.3. The minimum Gasteiger partial charge on any atom is -0.790 e. The Morgan fingerprint density at radius 1 is 1.17 bits per heavy atom. The summed E-state index contributed by atoms with van der Waals surface area (Å²) in [6.45, 7) is 10.3. The van der Waals surface area contributed by atoms with Crippen molar-refractivity contribution in [1.82, 2.24) is 0 Å². The van der Waals surface area contributed by atoms with E-state index in [1.165, 1.54) is 12.5 Å². The Bertz CT molecular complexity index is 745. The quantitative estimate of drug-likeness (QED) is 0.426. The lowest BCUT2D eigenvalue weighted by Gasteiger charge is -2.63. The van der Waals surface area contributed by atoms with E-state index < -0.39 is 27.9 Å². The average molecular weight is 465 g/mol. The highest BCUT2D eigenvalue weighted by molar-refractivity contribution is 7.58. The molecular formula is C20H35O8P2-3. The van der Waals surface area contributed by atoms with Crippen molar-refractivity contribution in [3.63, 3.8) is 0 Å². The predicted molar refractivity (Wildman–Crippen MR) is 108 cm³/mol. The van der Waals surface area contributed by atoms with Crippen LogP contribution in [-0.4, -0.2) is 17.3 Å². The zero-order chi connectivity index (χ0) is 23.0. The number of phosphoric ester groups is 1. The van der Waals surface area contributed by atoms with Crippen LogP contribution in [0, 0.1) is 22.7 Å². The highest BCUT2D eigenvalue weighted by Gasteiger charge is 2.60. The molecule has 10 heteroatoms. The van der Waals surface area contributed by atoms with Gasteiger partial charge in [0.15, 0.2) is 0 Å². The van der Waals surface area contributed by atoms with E-state index in [4.69, 9.17) is 0 Å². The molecule has 0 saturated heterocycles. The number of fused-ring (bicyclic) bond motifs is 1. The second-order valence-corrected chi connectivity index (χ2v) is 12.7. The molecule has 0 heterocycles. The number of rotatable bonds is 8. The van der Waals surface area contributed by atoms with E-state index >= 15 is 0 Å². The van der Waals surface area contributed by atoms with Crippen LogP contribution in [0.25, 0.3) is 0 Å². The summed E-state index contributed by atoms with van der Waals surface area (Å²) < 4.78 is 29.6. The molecule has 0 bridgehead atoms. The van der Waals surface area contributed by atoms with Crippen molar-refractivity contribution < 1.29 is 37.8 Å². The third kappa shape index (κ3) is 5.85. The molecule has 2 aliphatic rings. The Hall–Kier alpha value is -0.0400. The van der Waals surface area contributed by atoms with E-state index in [-0.39, 0.29) is 16.7 Å². The number of allylic oxidation sites excluding steroid dienone is 1. The molecule has 0 aromatic rings. The van der Waals surface area contributed by atoms with Gasteiger partial charge in [-0.2, -0.15) is 0 Å². The van der Waals surface area contributed by atoms with Crippen LogP contribution in [0.3, 0.4) is 0 Å². The summed E-state index contributed by atoms with van der Waals surface area (Å²) in [6, 6.07) is 0. The molecular weight excluding hydrogens is 430 g/mol. The maximum absolute atomic E-state index is 11.9. The summed E-state index contributed by atoms with van der Waals surface area (Å²) in [5.74, 6) is 0.612. The summed E-state index contributed by atoms with van der Waals surface area (Å²) in [6.07, 6.45) is 7.97. The van der Waals surface area contributed by atoms with Gasteiger partial charge in [-0.05, 0) is 68.1 Å². The monoisotopic (exact) mass is 465 g/mol. The van der Waals surface area contributed by atoms with Gasteiger partial charge in [-0.25, -0.2) is 0 Å². The van der Waals surface area contributed by atoms with Crippen LogP contribution >= 0.6 is 15.6 Å². The lowest BCUT2D eigenvalue weighted by Crippen LogP contribution is -2.62. The lowest BCUT2D eigenvalue weighted by atomic mass is 9.44. The standard InChI is InChI=1S/C20H38O8P2/c1-15(10-14-27-30(25,26)28-29(22,23)24)9-13-20(21)16(2)7-8-17-18(3,4)11-6-12-19(17,20)5/h10,16-17,21H,6-9,11-14H2,1-5H3,(H,25,26)(H2,22,23,24)/p-3/b15-10+/t16?,17-,19-,20+/m0/s1. The maximum atomic E-state index is 11.9. The van der Waals surface area contributed by atoms with E-state index in [1.807, 2.05) is 0 Å². The van der Waals surface area contributed by atoms with Crippen molar-refractivity contribution in [3.05, 3.63) is 11.6 Å². The molecule has 2 unspecified atom stereocenters. The van der Waals surface area contributed by atoms with E-state index in [1.54, 1.807) is 6.92 Å². The molecule has 0 aromatic carbocycles. The fourth-order valence-corrected chi connectivity index (χ4v) is 7.43. The van der Waals surface area contributed by atoms with Gasteiger partial charge in [0, 0.05) is 0 Å². The summed E-state index contributed by atoms with van der Waals surface area (Å²) in [5.41, 5.74) is 0.00467. The minimum absolute atomic E-state index is 0.162. The minimum atomic E-state index is -5.69. The molecule has 0 amide bonds. The molecule has 1 N–H and O–H groups in total. The second kappa shape index (κ2) is 9.07. The van der Waals surface area contributed by atoms with Crippen LogP contribution in [0.1, 0.15) is 79.6 Å². The zero-order valence-electron chi connectivity index (χ0n) is 18.6. The molecule has 0 radical (unpaired) electrons. The fourth-order valence-electron chi connectivity index (χ4n) is 6.01. The van der Waals surface area contributed by atoms with Crippen LogP contribution < -0.4 is 14.7 Å². The summed E-state index contributed by atoms with van der Waals surface area (Å²) in [4.78, 5) is 32.2. The van der Waals surface area contributed by atoms with Crippen molar-refractivity contribution >= 4 is 15.6 Å². The molecule has 2 fully saturated rings. The van der Waals surface area contributed by atoms with E-state index in [2.05, 4.69) is 36.5 Å². The van der Waals surface area contributed by atoms with Gasteiger partial charge in [-0.1, -0.05) is 45.8 Å². The third-order valence-electron chi connectivity index (χ3n) is 7.69. The Kier molecular flexibility index (Phi) is 7.93. The first kappa shape index (κ1) is 26.2. The van der Waals surface area contributed by atoms with Gasteiger partial charge in [-0.3, -0.25) is 8.88 Å². The lowest BCUT2D eigenvalue weighted by molar-refractivity contribution is -0.339. The van der Waals surface area contributed by atoms with E-state index in [0.717, 1.165) is 31.3 Å². The van der Waals surface area contributed by atoms with Crippen LogP contribution in [0.4, 0.5) is 0 Å². The van der Waals surface area contributed by atoms with Crippen molar-refractivity contribution in [2.24, 2.45) is 22.7 Å². The number of aliphatic hydroxyl groups is 1. The number of hydrogen-bond acceptors (Lipinski definition) is 8. The van der Waals surface area contributed by atoms with Crippen LogP contribution in [0.15, 0.2) is 11.6 Å². The first-order valence-electron chi connectivity index (χ1n) is 10.6. The molecule has 2 rings (SSSR count). The van der Waals surface area contributed by atoms with Crippen molar-refractivity contribution in [2.45, 2.75) is 85.2 Å². The fraction of sp³-hybridized carbons (Fsp3) is 0.900. The van der Waals surface area contributed by atoms with Gasteiger partial charge < -0.3 is 28.9 Å². The van der Waals surface area contributed by atoms with E-state index in [0.29, 0.717) is 18.8 Å². The first-order valence-corrected chi connectivity index (χ1v) is 13.5. The Labute approximate surface area is 179 Å². The molecule has 30 heavy (non-hydrogen) atoms. The van der Waals surface area contributed by atoms with Gasteiger partial charge >= 0.3 is 0 Å². The number of phosphoric acid groups is 2. The zero-order valence-corrected chi connectivity index (χ0v) is 20.4. The molecule has 2 saturated carbocycles. The Morgan fingerprint density at radius 2 is 1.80 bits per heavy atom. The summed E-state index contributed by atoms with van der Waals surface area (Å²) >= 11 is 0. The molecule has 8 nitrogen and oxygen atoms in total. The Balaban J connectivity index is 2.04. The normalized spacial score (nSPS) is 36.8. The molecule has 176 valence electrons. The molecule has 0 aliphatic heterocycles. The molecule has 5 atom stereocenters. The second-order valence-electron chi connectivity index (χ2n) is 10.0. The topological polar surface area (TPSA) is 142 Å².